The first-order chi connectivity index (χ1) is 11.8. The van der Waals surface area contributed by atoms with Gasteiger partial charge in [-0.05, 0) is 59.2 Å². The number of carbonyl (C=O) groups is 1. The molecular weight excluding hydrogens is 354 g/mol. The van der Waals surface area contributed by atoms with Crippen molar-refractivity contribution in [1.82, 2.24) is 4.90 Å². The van der Waals surface area contributed by atoms with E-state index in [0.29, 0.717) is 12.3 Å². The van der Waals surface area contributed by atoms with Crippen LogP contribution in [-0.4, -0.2) is 17.4 Å². The van der Waals surface area contributed by atoms with Crippen LogP contribution in [0.4, 0.5) is 0 Å². The summed E-state index contributed by atoms with van der Waals surface area (Å²) in [5.74, 6) is 0.293. The van der Waals surface area contributed by atoms with Crippen molar-refractivity contribution in [3.05, 3.63) is 66.7 Å². The number of rotatable bonds is 5. The zero-order valence-electron chi connectivity index (χ0n) is 13.3. The summed E-state index contributed by atoms with van der Waals surface area (Å²) >= 11 is 5.35. The molecule has 24 heavy (non-hydrogen) atoms. The molecule has 0 saturated carbocycles. The average Bonchev–Trinajstić information content (AvgIpc) is 3.34. The maximum absolute atomic E-state index is 12.9. The third-order valence-electron chi connectivity index (χ3n) is 4.49. The Morgan fingerprint density at radius 2 is 1.96 bits per heavy atom. The minimum Gasteiger partial charge on any atom is -0.330 e. The first-order valence-corrected chi connectivity index (χ1v) is 10.9. The number of carbonyl (C=O) groups excluding carboxylic acids is 1. The molecule has 0 fully saturated rings. The van der Waals surface area contributed by atoms with E-state index in [-0.39, 0.29) is 6.04 Å². The van der Waals surface area contributed by atoms with Gasteiger partial charge < -0.3 is 4.90 Å². The van der Waals surface area contributed by atoms with Crippen LogP contribution >= 0.6 is 34.0 Å². The fourth-order valence-corrected chi connectivity index (χ4v) is 5.86. The van der Waals surface area contributed by atoms with Crippen LogP contribution in [-0.2, 0) is 17.6 Å². The van der Waals surface area contributed by atoms with Gasteiger partial charge in [-0.15, -0.1) is 34.0 Å². The van der Waals surface area contributed by atoms with Gasteiger partial charge in [0.25, 0.3) is 0 Å². The fourth-order valence-electron chi connectivity index (χ4n) is 3.35. The Hall–Kier alpha value is -1.43. The second-order valence-electron chi connectivity index (χ2n) is 5.99. The molecule has 1 amide bonds. The van der Waals surface area contributed by atoms with E-state index in [4.69, 9.17) is 0 Å². The molecule has 124 valence electrons. The number of thiophene rings is 3. The molecular formula is C19H19NOS3. The molecule has 0 aromatic carbocycles. The zero-order chi connectivity index (χ0) is 16.4. The summed E-state index contributed by atoms with van der Waals surface area (Å²) in [4.78, 5) is 19.1. The predicted octanol–water partition coefficient (Wildman–Crippen LogP) is 5.37. The summed E-state index contributed by atoms with van der Waals surface area (Å²) in [6, 6.07) is 10.8. The molecule has 4 rings (SSSR count). The van der Waals surface area contributed by atoms with E-state index in [1.165, 1.54) is 20.2 Å². The third kappa shape index (κ3) is 3.21. The predicted molar refractivity (Wildman–Crippen MR) is 103 cm³/mol. The lowest BCUT2D eigenvalue weighted by atomic mass is 9.97. The maximum Gasteiger partial charge on any atom is 0.223 e. The highest BCUT2D eigenvalue weighted by molar-refractivity contribution is 7.10. The highest BCUT2D eigenvalue weighted by Crippen LogP contribution is 2.39. The van der Waals surface area contributed by atoms with E-state index in [9.17, 15) is 4.79 Å². The Kier molecular flexibility index (Phi) is 4.83. The van der Waals surface area contributed by atoms with Gasteiger partial charge in [0.2, 0.25) is 5.91 Å². The summed E-state index contributed by atoms with van der Waals surface area (Å²) < 4.78 is 0. The van der Waals surface area contributed by atoms with Gasteiger partial charge in [0, 0.05) is 27.6 Å². The number of nitrogens with zero attached hydrogens (tertiary/aromatic N) is 1. The Labute approximate surface area is 154 Å². The molecule has 0 saturated heterocycles. The minimum absolute atomic E-state index is 0.120. The highest BCUT2D eigenvalue weighted by Gasteiger charge is 2.32. The lowest BCUT2D eigenvalue weighted by molar-refractivity contribution is -0.133. The molecule has 0 bridgehead atoms. The average molecular weight is 374 g/mol. The van der Waals surface area contributed by atoms with Crippen molar-refractivity contribution in [2.45, 2.75) is 31.7 Å². The van der Waals surface area contributed by atoms with Gasteiger partial charge in [0.1, 0.15) is 0 Å². The van der Waals surface area contributed by atoms with Crippen LogP contribution in [0.2, 0.25) is 0 Å². The van der Waals surface area contributed by atoms with Crippen molar-refractivity contribution in [2.75, 3.05) is 6.54 Å². The SMILES string of the molecule is O=C(CCCc1cccs1)N1CCc2sccc2[C@@H]1c1cccs1. The zero-order valence-corrected chi connectivity index (χ0v) is 15.8. The molecule has 2 nitrogen and oxygen atoms in total. The van der Waals surface area contributed by atoms with E-state index in [1.807, 2.05) is 11.3 Å². The van der Waals surface area contributed by atoms with Gasteiger partial charge >= 0.3 is 0 Å². The van der Waals surface area contributed by atoms with E-state index >= 15 is 0 Å². The first kappa shape index (κ1) is 16.1. The molecule has 5 heteroatoms. The van der Waals surface area contributed by atoms with Crippen LogP contribution in [0.15, 0.2) is 46.5 Å². The number of hydrogen-bond donors (Lipinski definition) is 0. The monoisotopic (exact) mass is 373 g/mol. The number of aryl methyl sites for hydroxylation is 1. The summed E-state index contributed by atoms with van der Waals surface area (Å²) in [7, 11) is 0. The quantitative estimate of drug-likeness (QED) is 0.589. The van der Waals surface area contributed by atoms with E-state index in [0.717, 1.165) is 25.8 Å². The second-order valence-corrected chi connectivity index (χ2v) is 9.00. The van der Waals surface area contributed by atoms with Gasteiger partial charge in [-0.1, -0.05) is 12.1 Å². The highest BCUT2D eigenvalue weighted by atomic mass is 32.1. The van der Waals surface area contributed by atoms with Crippen molar-refractivity contribution in [3.63, 3.8) is 0 Å². The molecule has 0 spiro atoms. The Morgan fingerprint density at radius 3 is 2.75 bits per heavy atom. The van der Waals surface area contributed by atoms with Gasteiger partial charge in [-0.2, -0.15) is 0 Å². The smallest absolute Gasteiger partial charge is 0.223 e. The third-order valence-corrected chi connectivity index (χ3v) is 7.35. The molecule has 3 aromatic heterocycles. The molecule has 0 radical (unpaired) electrons. The van der Waals surface area contributed by atoms with Crippen molar-refractivity contribution < 1.29 is 4.79 Å². The standard InChI is InChI=1S/C19H19NOS3/c21-18(7-1-4-14-5-2-11-22-14)20-10-8-16-15(9-13-24-16)19(20)17-6-3-12-23-17/h2-3,5-6,9,11-13,19H,1,4,7-8,10H2/t19-/m1/s1. The summed E-state index contributed by atoms with van der Waals surface area (Å²) in [5, 5.41) is 6.37. The summed E-state index contributed by atoms with van der Waals surface area (Å²) in [5.41, 5.74) is 1.33. The van der Waals surface area contributed by atoms with Gasteiger partial charge in [0.15, 0.2) is 0 Å². The van der Waals surface area contributed by atoms with Crippen LogP contribution in [0.5, 0.6) is 0 Å². The molecule has 3 aromatic rings. The van der Waals surface area contributed by atoms with Gasteiger partial charge in [-0.25, -0.2) is 0 Å². The molecule has 4 heterocycles. The molecule has 0 N–H and O–H groups in total. The van der Waals surface area contributed by atoms with Crippen LogP contribution in [0.3, 0.4) is 0 Å². The van der Waals surface area contributed by atoms with Crippen LogP contribution in [0, 0.1) is 0 Å². The Bertz CT molecular complexity index is 789. The normalized spacial score (nSPS) is 17.0. The van der Waals surface area contributed by atoms with Crippen molar-refractivity contribution >= 4 is 39.9 Å². The van der Waals surface area contributed by atoms with Crippen molar-refractivity contribution in [3.8, 4) is 0 Å². The Morgan fingerprint density at radius 1 is 1.08 bits per heavy atom. The maximum atomic E-state index is 12.9. The van der Waals surface area contributed by atoms with Crippen molar-refractivity contribution in [2.24, 2.45) is 0 Å². The molecule has 0 unspecified atom stereocenters. The number of fused-ring (bicyclic) bond motifs is 1. The second kappa shape index (κ2) is 7.21. The largest absolute Gasteiger partial charge is 0.330 e. The Balaban J connectivity index is 1.49. The molecule has 0 aliphatic carbocycles. The number of hydrogen-bond acceptors (Lipinski definition) is 4. The summed E-state index contributed by atoms with van der Waals surface area (Å²) in [6.07, 6.45) is 3.57. The lowest BCUT2D eigenvalue weighted by Crippen LogP contribution is -2.39. The van der Waals surface area contributed by atoms with E-state index in [2.05, 4.69) is 51.4 Å². The fraction of sp³-hybridized carbons (Fsp3) is 0.316. The summed E-state index contributed by atoms with van der Waals surface area (Å²) in [6.45, 7) is 0.841. The van der Waals surface area contributed by atoms with Crippen molar-refractivity contribution in [1.29, 1.82) is 0 Å². The van der Waals surface area contributed by atoms with E-state index in [1.54, 1.807) is 22.7 Å². The minimum atomic E-state index is 0.120. The van der Waals surface area contributed by atoms with Crippen LogP contribution in [0.25, 0.3) is 0 Å². The molecule has 1 atom stereocenters. The van der Waals surface area contributed by atoms with Crippen LogP contribution in [0.1, 0.15) is 39.1 Å². The van der Waals surface area contributed by atoms with Crippen LogP contribution < -0.4 is 0 Å². The van der Waals surface area contributed by atoms with Gasteiger partial charge in [-0.3, -0.25) is 4.79 Å². The topological polar surface area (TPSA) is 20.3 Å². The van der Waals surface area contributed by atoms with Gasteiger partial charge in [0.05, 0.1) is 6.04 Å². The first-order valence-electron chi connectivity index (χ1n) is 8.24. The molecule has 1 aliphatic heterocycles. The lowest BCUT2D eigenvalue weighted by Gasteiger charge is -2.35. The van der Waals surface area contributed by atoms with E-state index < -0.39 is 0 Å². The number of amides is 1. The molecule has 1 aliphatic rings.